The largest absolute Gasteiger partial charge is 0.384 e. The second kappa shape index (κ2) is 7.06. The van der Waals surface area contributed by atoms with Crippen LogP contribution < -0.4 is 5.73 Å². The topological polar surface area (TPSA) is 67.9 Å². The Hall–Kier alpha value is -1.37. The van der Waals surface area contributed by atoms with E-state index in [1.165, 1.54) is 23.4 Å². The van der Waals surface area contributed by atoms with Gasteiger partial charge >= 0.3 is 0 Å². The Morgan fingerprint density at radius 2 is 2.10 bits per heavy atom. The molecule has 112 valence electrons. The van der Waals surface area contributed by atoms with Gasteiger partial charge in [-0.3, -0.25) is 4.98 Å². The third-order valence-corrected chi connectivity index (χ3v) is 3.92. The molecule has 0 aliphatic rings. The SMILES string of the molecule is CC(Sc1nc(N)cc(Cl)n1)c1cc(CN(C)C)ccn1. The van der Waals surface area contributed by atoms with Crippen molar-refractivity contribution in [3.8, 4) is 0 Å². The average molecular weight is 324 g/mol. The van der Waals surface area contributed by atoms with Gasteiger partial charge < -0.3 is 10.6 Å². The monoisotopic (exact) mass is 323 g/mol. The molecule has 0 aliphatic carbocycles. The molecule has 0 saturated heterocycles. The fourth-order valence-electron chi connectivity index (χ4n) is 1.86. The number of hydrogen-bond acceptors (Lipinski definition) is 6. The van der Waals surface area contributed by atoms with Crippen LogP contribution in [-0.2, 0) is 6.54 Å². The zero-order valence-electron chi connectivity index (χ0n) is 12.2. The molecule has 5 nitrogen and oxygen atoms in total. The van der Waals surface area contributed by atoms with E-state index in [1.807, 2.05) is 26.4 Å². The normalized spacial score (nSPS) is 12.6. The molecule has 0 radical (unpaired) electrons. The van der Waals surface area contributed by atoms with Crippen LogP contribution in [-0.4, -0.2) is 33.9 Å². The van der Waals surface area contributed by atoms with E-state index in [0.717, 1.165) is 12.2 Å². The molecule has 0 fully saturated rings. The van der Waals surface area contributed by atoms with Gasteiger partial charge in [0.1, 0.15) is 11.0 Å². The van der Waals surface area contributed by atoms with Crippen molar-refractivity contribution in [3.63, 3.8) is 0 Å². The summed E-state index contributed by atoms with van der Waals surface area (Å²) >= 11 is 7.39. The number of halogens is 1. The molecule has 0 saturated carbocycles. The standard InChI is InChI=1S/C14H18ClN5S/c1-9(21-14-18-12(15)7-13(16)19-14)11-6-10(4-5-17-11)8-20(2)3/h4-7,9H,8H2,1-3H3,(H2,16,18,19). The first-order valence-electron chi connectivity index (χ1n) is 6.50. The predicted molar refractivity (Wildman–Crippen MR) is 87.4 cm³/mol. The molecule has 1 unspecified atom stereocenters. The molecular formula is C14H18ClN5S. The minimum Gasteiger partial charge on any atom is -0.384 e. The first-order valence-corrected chi connectivity index (χ1v) is 7.76. The first kappa shape index (κ1) is 16.0. The molecule has 0 amide bonds. The summed E-state index contributed by atoms with van der Waals surface area (Å²) in [5.74, 6) is 0.374. The van der Waals surface area contributed by atoms with Crippen LogP contribution in [0.4, 0.5) is 5.82 Å². The van der Waals surface area contributed by atoms with E-state index in [2.05, 4.69) is 32.8 Å². The Kier molecular flexibility index (Phi) is 5.39. The van der Waals surface area contributed by atoms with Gasteiger partial charge in [-0.2, -0.15) is 0 Å². The highest BCUT2D eigenvalue weighted by molar-refractivity contribution is 7.99. The summed E-state index contributed by atoms with van der Waals surface area (Å²) in [6.45, 7) is 2.94. The summed E-state index contributed by atoms with van der Waals surface area (Å²) in [6, 6.07) is 5.66. The van der Waals surface area contributed by atoms with Crippen molar-refractivity contribution in [3.05, 3.63) is 40.8 Å². The van der Waals surface area contributed by atoms with Gasteiger partial charge in [0.25, 0.3) is 0 Å². The maximum Gasteiger partial charge on any atom is 0.191 e. The van der Waals surface area contributed by atoms with Crippen molar-refractivity contribution < 1.29 is 0 Å². The highest BCUT2D eigenvalue weighted by Gasteiger charge is 2.13. The quantitative estimate of drug-likeness (QED) is 0.518. The fourth-order valence-corrected chi connectivity index (χ4v) is 2.98. The molecule has 2 aromatic heterocycles. The summed E-state index contributed by atoms with van der Waals surface area (Å²) < 4.78 is 0. The maximum absolute atomic E-state index is 5.90. The number of nitrogens with two attached hydrogens (primary N) is 1. The molecule has 0 spiro atoms. The number of anilines is 1. The fraction of sp³-hybridized carbons (Fsp3) is 0.357. The maximum atomic E-state index is 5.90. The summed E-state index contributed by atoms with van der Waals surface area (Å²) in [6.07, 6.45) is 1.83. The number of rotatable bonds is 5. The van der Waals surface area contributed by atoms with Gasteiger partial charge in [-0.25, -0.2) is 9.97 Å². The number of aromatic nitrogens is 3. The van der Waals surface area contributed by atoms with E-state index >= 15 is 0 Å². The van der Waals surface area contributed by atoms with Gasteiger partial charge in [0, 0.05) is 18.8 Å². The van der Waals surface area contributed by atoms with Crippen LogP contribution in [0.2, 0.25) is 5.15 Å². The lowest BCUT2D eigenvalue weighted by Crippen LogP contribution is -2.11. The van der Waals surface area contributed by atoms with Crippen LogP contribution in [0, 0.1) is 0 Å². The van der Waals surface area contributed by atoms with Crippen molar-refractivity contribution in [2.24, 2.45) is 0 Å². The predicted octanol–water partition coefficient (Wildman–Crippen LogP) is 3.02. The number of nitrogens with zero attached hydrogens (tertiary/aromatic N) is 4. The van der Waals surface area contributed by atoms with Crippen molar-refractivity contribution in [1.82, 2.24) is 19.9 Å². The zero-order chi connectivity index (χ0) is 15.4. The van der Waals surface area contributed by atoms with Crippen LogP contribution in [0.25, 0.3) is 0 Å². The van der Waals surface area contributed by atoms with Crippen molar-refractivity contribution in [2.45, 2.75) is 23.9 Å². The molecule has 21 heavy (non-hydrogen) atoms. The Bertz CT molecular complexity index is 600. The Balaban J connectivity index is 2.14. The summed E-state index contributed by atoms with van der Waals surface area (Å²) in [4.78, 5) is 14.9. The number of nitrogen functional groups attached to an aromatic ring is 1. The number of pyridine rings is 1. The lowest BCUT2D eigenvalue weighted by Gasteiger charge is -2.13. The molecule has 7 heteroatoms. The van der Waals surface area contributed by atoms with Crippen LogP contribution in [0.3, 0.4) is 0 Å². The van der Waals surface area contributed by atoms with Crippen LogP contribution in [0.1, 0.15) is 23.4 Å². The van der Waals surface area contributed by atoms with E-state index in [4.69, 9.17) is 17.3 Å². The Morgan fingerprint density at radius 1 is 1.33 bits per heavy atom. The van der Waals surface area contributed by atoms with Gasteiger partial charge in [0.05, 0.1) is 10.9 Å². The second-order valence-corrected chi connectivity index (χ2v) is 6.68. The average Bonchev–Trinajstić information content (AvgIpc) is 2.36. The van der Waals surface area contributed by atoms with Gasteiger partial charge in [0.15, 0.2) is 5.16 Å². The third kappa shape index (κ3) is 4.84. The van der Waals surface area contributed by atoms with Crippen molar-refractivity contribution in [2.75, 3.05) is 19.8 Å². The minimum absolute atomic E-state index is 0.116. The summed E-state index contributed by atoms with van der Waals surface area (Å²) in [5.41, 5.74) is 7.90. The highest BCUT2D eigenvalue weighted by Crippen LogP contribution is 2.32. The highest BCUT2D eigenvalue weighted by atomic mass is 35.5. The van der Waals surface area contributed by atoms with E-state index in [-0.39, 0.29) is 5.25 Å². The molecule has 2 rings (SSSR count). The second-order valence-electron chi connectivity index (χ2n) is 4.98. The van der Waals surface area contributed by atoms with E-state index in [0.29, 0.717) is 16.1 Å². The molecule has 1 atom stereocenters. The molecule has 2 N–H and O–H groups in total. The first-order chi connectivity index (χ1) is 9.94. The van der Waals surface area contributed by atoms with Crippen LogP contribution >= 0.6 is 23.4 Å². The minimum atomic E-state index is 0.116. The lowest BCUT2D eigenvalue weighted by atomic mass is 10.2. The molecule has 0 aliphatic heterocycles. The van der Waals surface area contributed by atoms with Gasteiger partial charge in [-0.05, 0) is 38.7 Å². The van der Waals surface area contributed by atoms with Gasteiger partial charge in [-0.15, -0.1) is 0 Å². The smallest absolute Gasteiger partial charge is 0.191 e. The van der Waals surface area contributed by atoms with Crippen LogP contribution in [0.15, 0.2) is 29.6 Å². The molecular weight excluding hydrogens is 306 g/mol. The Labute approximate surface area is 133 Å². The lowest BCUT2D eigenvalue weighted by molar-refractivity contribution is 0.402. The van der Waals surface area contributed by atoms with E-state index < -0.39 is 0 Å². The Morgan fingerprint density at radius 3 is 2.76 bits per heavy atom. The molecule has 0 bridgehead atoms. The number of thioether (sulfide) groups is 1. The third-order valence-electron chi connectivity index (χ3n) is 2.74. The molecule has 2 heterocycles. The van der Waals surface area contributed by atoms with E-state index in [1.54, 1.807) is 0 Å². The van der Waals surface area contributed by atoms with Gasteiger partial charge in [-0.1, -0.05) is 23.4 Å². The van der Waals surface area contributed by atoms with Crippen molar-refractivity contribution >= 4 is 29.2 Å². The molecule has 2 aromatic rings. The molecule has 0 aromatic carbocycles. The van der Waals surface area contributed by atoms with E-state index in [9.17, 15) is 0 Å². The zero-order valence-corrected chi connectivity index (χ0v) is 13.8. The number of hydrogen-bond donors (Lipinski definition) is 1. The van der Waals surface area contributed by atoms with Crippen LogP contribution in [0.5, 0.6) is 0 Å². The summed E-state index contributed by atoms with van der Waals surface area (Å²) in [7, 11) is 4.09. The van der Waals surface area contributed by atoms with Crippen molar-refractivity contribution in [1.29, 1.82) is 0 Å². The summed E-state index contributed by atoms with van der Waals surface area (Å²) in [5, 5.41) is 1.03. The van der Waals surface area contributed by atoms with Gasteiger partial charge in [0.2, 0.25) is 0 Å².